The van der Waals surface area contributed by atoms with Crippen LogP contribution in [0.5, 0.6) is 0 Å². The summed E-state index contributed by atoms with van der Waals surface area (Å²) in [5.74, 6) is -0.462. The summed E-state index contributed by atoms with van der Waals surface area (Å²) in [5.41, 5.74) is 2.20. The largest absolute Gasteiger partial charge is 0.347 e. The highest BCUT2D eigenvalue weighted by molar-refractivity contribution is 7.16. The Hall–Kier alpha value is -3.06. The predicted octanol–water partition coefficient (Wildman–Crippen LogP) is 4.01. The fraction of sp³-hybridized carbons (Fsp3) is 0.190. The van der Waals surface area contributed by atoms with E-state index in [0.29, 0.717) is 28.4 Å². The van der Waals surface area contributed by atoms with E-state index in [1.165, 1.54) is 12.3 Å². The Kier molecular flexibility index (Phi) is 5.16. The van der Waals surface area contributed by atoms with E-state index in [1.807, 2.05) is 24.3 Å². The van der Waals surface area contributed by atoms with Crippen LogP contribution in [0, 0.1) is 5.82 Å². The highest BCUT2D eigenvalue weighted by atomic mass is 32.1. The van der Waals surface area contributed by atoms with Crippen molar-refractivity contribution in [2.24, 2.45) is 0 Å². The van der Waals surface area contributed by atoms with Gasteiger partial charge in [-0.3, -0.25) is 9.59 Å². The molecule has 2 amide bonds. The van der Waals surface area contributed by atoms with E-state index in [0.717, 1.165) is 35.6 Å². The highest BCUT2D eigenvalue weighted by Gasteiger charge is 2.21. The minimum absolute atomic E-state index is 0.150. The van der Waals surface area contributed by atoms with E-state index in [1.54, 1.807) is 23.1 Å². The van der Waals surface area contributed by atoms with Crippen LogP contribution in [-0.2, 0) is 11.3 Å². The van der Waals surface area contributed by atoms with Crippen LogP contribution in [0.4, 0.5) is 10.1 Å². The Labute approximate surface area is 165 Å². The summed E-state index contributed by atoms with van der Waals surface area (Å²) in [6, 6.07) is 14.0. The average molecular weight is 395 g/mol. The SMILES string of the molecule is O=C(NCc1ccc(N2CCCC2=O)cc1)c1cnc(-c2ccccc2F)s1. The number of carbonyl (C=O) groups excluding carboxylic acids is 2. The van der Waals surface area contributed by atoms with Crippen LogP contribution in [0.15, 0.2) is 54.7 Å². The summed E-state index contributed by atoms with van der Waals surface area (Å²) < 4.78 is 13.9. The van der Waals surface area contributed by atoms with Crippen LogP contribution >= 0.6 is 11.3 Å². The van der Waals surface area contributed by atoms with Gasteiger partial charge in [-0.25, -0.2) is 9.37 Å². The minimum atomic E-state index is -0.361. The maximum Gasteiger partial charge on any atom is 0.263 e. The van der Waals surface area contributed by atoms with Gasteiger partial charge in [0.2, 0.25) is 5.91 Å². The molecule has 28 heavy (non-hydrogen) atoms. The molecular weight excluding hydrogens is 377 g/mol. The zero-order valence-electron chi connectivity index (χ0n) is 15.0. The van der Waals surface area contributed by atoms with Crippen LogP contribution < -0.4 is 10.2 Å². The number of halogens is 1. The Morgan fingerprint density at radius 1 is 1.18 bits per heavy atom. The number of carbonyl (C=O) groups is 2. The number of hydrogen-bond donors (Lipinski definition) is 1. The van der Waals surface area contributed by atoms with Gasteiger partial charge in [-0.2, -0.15) is 0 Å². The van der Waals surface area contributed by atoms with Gasteiger partial charge in [-0.1, -0.05) is 24.3 Å². The molecule has 1 fully saturated rings. The molecule has 142 valence electrons. The van der Waals surface area contributed by atoms with E-state index >= 15 is 0 Å². The standard InChI is InChI=1S/C21H18FN3O2S/c22-17-5-2-1-4-16(17)21-24-13-18(28-21)20(27)23-12-14-7-9-15(10-8-14)25-11-3-6-19(25)26/h1-2,4-5,7-10,13H,3,6,11-12H2,(H,23,27). The fourth-order valence-corrected chi connectivity index (χ4v) is 3.98. The third-order valence-corrected chi connectivity index (χ3v) is 5.64. The van der Waals surface area contributed by atoms with Crippen LogP contribution in [0.1, 0.15) is 28.1 Å². The molecule has 0 bridgehead atoms. The van der Waals surface area contributed by atoms with Gasteiger partial charge in [0.1, 0.15) is 15.7 Å². The van der Waals surface area contributed by atoms with Crippen molar-refractivity contribution in [1.82, 2.24) is 10.3 Å². The Bertz CT molecular complexity index is 1020. The molecule has 0 atom stereocenters. The lowest BCUT2D eigenvalue weighted by atomic mass is 10.2. The molecule has 0 unspecified atom stereocenters. The van der Waals surface area contributed by atoms with E-state index in [9.17, 15) is 14.0 Å². The molecule has 2 aromatic carbocycles. The zero-order valence-corrected chi connectivity index (χ0v) is 15.8. The zero-order chi connectivity index (χ0) is 19.5. The van der Waals surface area contributed by atoms with Crippen molar-refractivity contribution in [2.45, 2.75) is 19.4 Å². The molecule has 7 heteroatoms. The fourth-order valence-electron chi connectivity index (χ4n) is 3.12. The smallest absolute Gasteiger partial charge is 0.263 e. The minimum Gasteiger partial charge on any atom is -0.347 e. The van der Waals surface area contributed by atoms with Gasteiger partial charge in [-0.05, 0) is 36.2 Å². The quantitative estimate of drug-likeness (QED) is 0.710. The van der Waals surface area contributed by atoms with Crippen molar-refractivity contribution >= 4 is 28.8 Å². The Morgan fingerprint density at radius 3 is 2.68 bits per heavy atom. The molecule has 1 aromatic heterocycles. The van der Waals surface area contributed by atoms with Gasteiger partial charge >= 0.3 is 0 Å². The van der Waals surface area contributed by atoms with Gasteiger partial charge in [0, 0.05) is 30.8 Å². The van der Waals surface area contributed by atoms with Crippen molar-refractivity contribution in [3.05, 3.63) is 71.0 Å². The number of rotatable bonds is 5. The Morgan fingerprint density at radius 2 is 1.96 bits per heavy atom. The number of nitrogens with one attached hydrogen (secondary N) is 1. The molecule has 0 spiro atoms. The van der Waals surface area contributed by atoms with E-state index in [4.69, 9.17) is 0 Å². The van der Waals surface area contributed by atoms with E-state index in [-0.39, 0.29) is 17.6 Å². The number of benzene rings is 2. The van der Waals surface area contributed by atoms with Crippen LogP contribution in [0.3, 0.4) is 0 Å². The van der Waals surface area contributed by atoms with Gasteiger partial charge in [0.05, 0.1) is 6.20 Å². The predicted molar refractivity (Wildman–Crippen MR) is 107 cm³/mol. The number of amides is 2. The molecule has 0 radical (unpaired) electrons. The topological polar surface area (TPSA) is 62.3 Å². The number of hydrogen-bond acceptors (Lipinski definition) is 4. The summed E-state index contributed by atoms with van der Waals surface area (Å²) in [6.07, 6.45) is 2.95. The average Bonchev–Trinajstić information content (AvgIpc) is 3.36. The molecule has 1 saturated heterocycles. The van der Waals surface area contributed by atoms with Gasteiger partial charge in [0.25, 0.3) is 5.91 Å². The summed E-state index contributed by atoms with van der Waals surface area (Å²) in [5, 5.41) is 3.32. The van der Waals surface area contributed by atoms with E-state index < -0.39 is 0 Å². The highest BCUT2D eigenvalue weighted by Crippen LogP contribution is 2.27. The maximum atomic E-state index is 13.9. The number of thiazole rings is 1. The number of anilines is 1. The van der Waals surface area contributed by atoms with Gasteiger partial charge in [0.15, 0.2) is 0 Å². The third-order valence-electron chi connectivity index (χ3n) is 4.61. The maximum absolute atomic E-state index is 13.9. The van der Waals surface area contributed by atoms with Crippen molar-refractivity contribution < 1.29 is 14.0 Å². The lowest BCUT2D eigenvalue weighted by Crippen LogP contribution is -2.24. The monoisotopic (exact) mass is 395 g/mol. The number of aromatic nitrogens is 1. The van der Waals surface area contributed by atoms with Crippen LogP contribution in [-0.4, -0.2) is 23.3 Å². The third kappa shape index (κ3) is 3.80. The molecule has 1 aliphatic rings. The van der Waals surface area contributed by atoms with Crippen molar-refractivity contribution in [3.8, 4) is 10.6 Å². The first-order chi connectivity index (χ1) is 13.6. The summed E-state index contributed by atoms with van der Waals surface area (Å²) in [7, 11) is 0. The van der Waals surface area contributed by atoms with Crippen molar-refractivity contribution in [2.75, 3.05) is 11.4 Å². The van der Waals surface area contributed by atoms with Crippen LogP contribution in [0.2, 0.25) is 0 Å². The van der Waals surface area contributed by atoms with Crippen molar-refractivity contribution in [1.29, 1.82) is 0 Å². The summed E-state index contributed by atoms with van der Waals surface area (Å²) in [6.45, 7) is 1.12. The first kappa shape index (κ1) is 18.3. The van der Waals surface area contributed by atoms with Gasteiger partial charge in [-0.15, -0.1) is 11.3 Å². The molecule has 0 saturated carbocycles. The molecule has 2 heterocycles. The second-order valence-electron chi connectivity index (χ2n) is 6.51. The van der Waals surface area contributed by atoms with Gasteiger partial charge < -0.3 is 10.2 Å². The summed E-state index contributed by atoms with van der Waals surface area (Å²) in [4.78, 5) is 30.6. The lowest BCUT2D eigenvalue weighted by Gasteiger charge is -2.16. The lowest BCUT2D eigenvalue weighted by molar-refractivity contribution is -0.117. The summed E-state index contributed by atoms with van der Waals surface area (Å²) >= 11 is 1.16. The molecule has 0 aliphatic carbocycles. The van der Waals surface area contributed by atoms with Crippen LogP contribution in [0.25, 0.3) is 10.6 Å². The van der Waals surface area contributed by atoms with Crippen molar-refractivity contribution in [3.63, 3.8) is 0 Å². The molecule has 3 aromatic rings. The first-order valence-electron chi connectivity index (χ1n) is 9.00. The first-order valence-corrected chi connectivity index (χ1v) is 9.82. The molecular formula is C21H18FN3O2S. The Balaban J connectivity index is 1.38. The molecule has 1 aliphatic heterocycles. The molecule has 1 N–H and O–H groups in total. The molecule has 5 nitrogen and oxygen atoms in total. The normalized spacial score (nSPS) is 13.8. The molecule has 4 rings (SSSR count). The second kappa shape index (κ2) is 7.90. The number of nitrogens with zero attached hydrogens (tertiary/aromatic N) is 2. The second-order valence-corrected chi connectivity index (χ2v) is 7.54. The van der Waals surface area contributed by atoms with E-state index in [2.05, 4.69) is 10.3 Å².